The number of esters is 1. The maximum Gasteiger partial charge on any atom is 0.343 e. The Labute approximate surface area is 150 Å². The van der Waals surface area contributed by atoms with Gasteiger partial charge in [-0.15, -0.1) is 0 Å². The van der Waals surface area contributed by atoms with E-state index in [-0.39, 0.29) is 23.3 Å². The zero-order valence-electron chi connectivity index (χ0n) is 14.6. The molecule has 0 aromatic carbocycles. The number of rotatable bonds is 7. The second-order valence-electron chi connectivity index (χ2n) is 5.25. The van der Waals surface area contributed by atoms with Gasteiger partial charge < -0.3 is 10.1 Å². The number of aryl methyl sites for hydroxylation is 2. The fraction of sp³-hybridized carbons (Fsp3) is 0.438. The maximum absolute atomic E-state index is 12.6. The highest BCUT2D eigenvalue weighted by molar-refractivity contribution is 8.00. The van der Waals surface area contributed by atoms with Crippen molar-refractivity contribution in [3.05, 3.63) is 29.8 Å². The summed E-state index contributed by atoms with van der Waals surface area (Å²) < 4.78 is 6.43. The van der Waals surface area contributed by atoms with Crippen molar-refractivity contribution in [2.45, 2.75) is 37.5 Å². The molecule has 0 unspecified atom stereocenters. The van der Waals surface area contributed by atoms with Crippen molar-refractivity contribution < 1.29 is 14.3 Å². The Balaban J connectivity index is 2.14. The molecule has 1 N–H and O–H groups in total. The summed E-state index contributed by atoms with van der Waals surface area (Å²) in [4.78, 5) is 32.9. The Hall–Kier alpha value is -2.42. The number of nitrogens with zero attached hydrogens (tertiary/aromatic N) is 4. The lowest BCUT2D eigenvalue weighted by atomic mass is 10.3. The van der Waals surface area contributed by atoms with Crippen LogP contribution in [0.15, 0.2) is 23.6 Å². The van der Waals surface area contributed by atoms with Crippen LogP contribution >= 0.6 is 11.8 Å². The maximum atomic E-state index is 12.6. The summed E-state index contributed by atoms with van der Waals surface area (Å²) in [5.41, 5.74) is 1.07. The third-order valence-electron chi connectivity index (χ3n) is 3.38. The van der Waals surface area contributed by atoms with Gasteiger partial charge in [0.25, 0.3) is 0 Å². The van der Waals surface area contributed by atoms with Crippen molar-refractivity contribution in [2.24, 2.45) is 7.05 Å². The largest absolute Gasteiger partial charge is 0.462 e. The van der Waals surface area contributed by atoms with Crippen molar-refractivity contribution in [1.82, 2.24) is 19.7 Å². The highest BCUT2D eigenvalue weighted by Crippen LogP contribution is 2.25. The van der Waals surface area contributed by atoms with Crippen molar-refractivity contribution in [3.8, 4) is 0 Å². The van der Waals surface area contributed by atoms with Gasteiger partial charge in [0.2, 0.25) is 5.91 Å². The van der Waals surface area contributed by atoms with Crippen LogP contribution in [0.3, 0.4) is 0 Å². The fourth-order valence-electron chi connectivity index (χ4n) is 2.10. The molecular formula is C16H21N5O3S. The van der Waals surface area contributed by atoms with E-state index >= 15 is 0 Å². The van der Waals surface area contributed by atoms with E-state index in [1.807, 2.05) is 19.9 Å². The van der Waals surface area contributed by atoms with E-state index in [9.17, 15) is 9.59 Å². The van der Waals surface area contributed by atoms with Crippen molar-refractivity contribution in [2.75, 3.05) is 11.9 Å². The first-order valence-electron chi connectivity index (χ1n) is 7.91. The molecule has 0 aliphatic rings. The Bertz CT molecular complexity index is 762. The molecule has 134 valence electrons. The lowest BCUT2D eigenvalue weighted by molar-refractivity contribution is -0.115. The highest BCUT2D eigenvalue weighted by atomic mass is 32.2. The van der Waals surface area contributed by atoms with Crippen LogP contribution in [0.2, 0.25) is 0 Å². The van der Waals surface area contributed by atoms with Crippen molar-refractivity contribution in [3.63, 3.8) is 0 Å². The number of carbonyl (C=O) groups excluding carboxylic acids is 2. The van der Waals surface area contributed by atoms with Crippen LogP contribution in [0.4, 0.5) is 5.82 Å². The molecule has 9 heteroatoms. The van der Waals surface area contributed by atoms with Gasteiger partial charge in [0, 0.05) is 12.7 Å². The van der Waals surface area contributed by atoms with Crippen molar-refractivity contribution in [1.29, 1.82) is 0 Å². The van der Waals surface area contributed by atoms with Gasteiger partial charge in [-0.05, 0) is 26.3 Å². The summed E-state index contributed by atoms with van der Waals surface area (Å²) in [6, 6.07) is 1.83. The summed E-state index contributed by atoms with van der Waals surface area (Å²) in [6.07, 6.45) is 3.46. The van der Waals surface area contributed by atoms with E-state index in [1.165, 1.54) is 29.0 Å². The topological polar surface area (TPSA) is 99.0 Å². The molecule has 2 aromatic heterocycles. The van der Waals surface area contributed by atoms with Gasteiger partial charge >= 0.3 is 5.97 Å². The summed E-state index contributed by atoms with van der Waals surface area (Å²) in [6.45, 7) is 5.76. The molecule has 2 aromatic rings. The number of amides is 1. The number of nitrogens with one attached hydrogen (secondary N) is 1. The second-order valence-corrected chi connectivity index (χ2v) is 6.48. The van der Waals surface area contributed by atoms with E-state index in [0.29, 0.717) is 12.2 Å². The number of ether oxygens (including phenoxy) is 1. The third kappa shape index (κ3) is 4.79. The molecule has 0 bridgehead atoms. The number of anilines is 1. The van der Waals surface area contributed by atoms with Gasteiger partial charge in [-0.25, -0.2) is 14.8 Å². The van der Waals surface area contributed by atoms with Crippen LogP contribution in [-0.4, -0.2) is 43.5 Å². The fourth-order valence-corrected chi connectivity index (χ4v) is 3.07. The first-order chi connectivity index (χ1) is 12.0. The summed E-state index contributed by atoms with van der Waals surface area (Å²) in [5, 5.41) is 7.17. The Morgan fingerprint density at radius 1 is 1.36 bits per heavy atom. The number of aromatic nitrogens is 4. The molecule has 2 heterocycles. The van der Waals surface area contributed by atoms with Gasteiger partial charge in [-0.3, -0.25) is 9.48 Å². The molecule has 8 nitrogen and oxygen atoms in total. The SMILES string of the molecule is CCOC(=O)c1cnn(C)c1NC(=O)[C@H](CC)Sc1cc(C)ncn1. The minimum atomic E-state index is -0.516. The minimum absolute atomic E-state index is 0.224. The van der Waals surface area contributed by atoms with Crippen molar-refractivity contribution >= 4 is 29.5 Å². The Morgan fingerprint density at radius 3 is 2.76 bits per heavy atom. The molecule has 0 aliphatic carbocycles. The number of hydrogen-bond donors (Lipinski definition) is 1. The molecule has 0 fully saturated rings. The molecule has 1 amide bonds. The van der Waals surface area contributed by atoms with Crippen LogP contribution in [0, 0.1) is 6.92 Å². The average Bonchev–Trinajstić information content (AvgIpc) is 2.93. The Kier molecular flexibility index (Phi) is 6.51. The first kappa shape index (κ1) is 18.9. The lowest BCUT2D eigenvalue weighted by Gasteiger charge is -2.15. The van der Waals surface area contributed by atoms with E-state index in [2.05, 4.69) is 20.4 Å². The lowest BCUT2D eigenvalue weighted by Crippen LogP contribution is -2.27. The number of thioether (sulfide) groups is 1. The van der Waals surface area contributed by atoms with E-state index in [1.54, 1.807) is 14.0 Å². The molecular weight excluding hydrogens is 342 g/mol. The van der Waals surface area contributed by atoms with Crippen LogP contribution in [0.5, 0.6) is 0 Å². The van der Waals surface area contributed by atoms with Gasteiger partial charge in [0.1, 0.15) is 22.7 Å². The number of carbonyl (C=O) groups is 2. The molecule has 2 rings (SSSR count). The van der Waals surface area contributed by atoms with Crippen LogP contribution in [0.25, 0.3) is 0 Å². The molecule has 25 heavy (non-hydrogen) atoms. The van der Waals surface area contributed by atoms with E-state index in [0.717, 1.165) is 10.7 Å². The predicted molar refractivity (Wildman–Crippen MR) is 94.5 cm³/mol. The van der Waals surface area contributed by atoms with Crippen LogP contribution < -0.4 is 5.32 Å². The highest BCUT2D eigenvalue weighted by Gasteiger charge is 2.24. The second kappa shape index (κ2) is 8.61. The molecule has 0 saturated heterocycles. The Morgan fingerprint density at radius 2 is 2.12 bits per heavy atom. The third-order valence-corrected chi connectivity index (χ3v) is 4.68. The van der Waals surface area contributed by atoms with Gasteiger partial charge in [-0.2, -0.15) is 5.10 Å². The monoisotopic (exact) mass is 363 g/mol. The minimum Gasteiger partial charge on any atom is -0.462 e. The molecule has 1 atom stereocenters. The molecule has 0 aliphatic heterocycles. The summed E-state index contributed by atoms with van der Waals surface area (Å²) >= 11 is 1.35. The standard InChI is InChI=1S/C16H21N5O3S/c1-5-12(25-13-7-10(3)17-9-18-13)15(22)20-14-11(8-19-21(14)4)16(23)24-6-2/h7-9,12H,5-6H2,1-4H3,(H,20,22)/t12-/m0/s1. The molecule has 0 radical (unpaired) electrons. The zero-order chi connectivity index (χ0) is 18.4. The van der Waals surface area contributed by atoms with Gasteiger partial charge in [-0.1, -0.05) is 18.7 Å². The van der Waals surface area contributed by atoms with Crippen LogP contribution in [-0.2, 0) is 16.6 Å². The van der Waals surface area contributed by atoms with E-state index < -0.39 is 5.97 Å². The zero-order valence-corrected chi connectivity index (χ0v) is 15.5. The number of hydrogen-bond acceptors (Lipinski definition) is 7. The normalized spacial score (nSPS) is 11.8. The predicted octanol–water partition coefficient (Wildman–Crippen LogP) is 2.20. The smallest absolute Gasteiger partial charge is 0.343 e. The quantitative estimate of drug-likeness (QED) is 0.457. The summed E-state index contributed by atoms with van der Waals surface area (Å²) in [7, 11) is 1.65. The summed E-state index contributed by atoms with van der Waals surface area (Å²) in [5.74, 6) is -0.419. The molecule has 0 saturated carbocycles. The van der Waals surface area contributed by atoms with Gasteiger partial charge in [0.15, 0.2) is 0 Å². The van der Waals surface area contributed by atoms with Gasteiger partial charge in [0.05, 0.1) is 18.1 Å². The van der Waals surface area contributed by atoms with E-state index in [4.69, 9.17) is 4.74 Å². The first-order valence-corrected chi connectivity index (χ1v) is 8.79. The van der Waals surface area contributed by atoms with Crippen LogP contribution in [0.1, 0.15) is 36.3 Å². The molecule has 0 spiro atoms. The average molecular weight is 363 g/mol.